The van der Waals surface area contributed by atoms with Crippen molar-refractivity contribution < 1.29 is 34.4 Å². The summed E-state index contributed by atoms with van der Waals surface area (Å²) in [5, 5.41) is 28.0. The van der Waals surface area contributed by atoms with Crippen LogP contribution in [-0.4, -0.2) is 56.4 Å². The third kappa shape index (κ3) is 5.35. The van der Waals surface area contributed by atoms with Crippen LogP contribution in [0.4, 0.5) is 5.69 Å². The van der Waals surface area contributed by atoms with E-state index >= 15 is 0 Å². The first kappa shape index (κ1) is 22.6. The number of aliphatic carboxylic acids is 1. The van der Waals surface area contributed by atoms with E-state index in [2.05, 4.69) is 11.6 Å². The molecule has 0 atom stereocenters. The number of thioether (sulfide) groups is 1. The van der Waals surface area contributed by atoms with Gasteiger partial charge in [-0.2, -0.15) is 0 Å². The normalized spacial score (nSPS) is 15.9. The van der Waals surface area contributed by atoms with Gasteiger partial charge in [0, 0.05) is 6.54 Å². The van der Waals surface area contributed by atoms with Crippen molar-refractivity contribution >= 4 is 46.5 Å². The minimum absolute atomic E-state index is 0.0879. The van der Waals surface area contributed by atoms with E-state index in [1.807, 2.05) is 0 Å². The van der Waals surface area contributed by atoms with Crippen molar-refractivity contribution in [3.63, 3.8) is 0 Å². The Morgan fingerprint density at radius 2 is 1.97 bits per heavy atom. The van der Waals surface area contributed by atoms with Gasteiger partial charge in [0.1, 0.15) is 11.5 Å². The van der Waals surface area contributed by atoms with Crippen LogP contribution in [0.15, 0.2) is 65.0 Å². The van der Waals surface area contributed by atoms with E-state index < -0.39 is 18.5 Å². The Labute approximate surface area is 187 Å². The molecule has 1 saturated heterocycles. The van der Waals surface area contributed by atoms with E-state index in [0.717, 1.165) is 17.8 Å². The maximum absolute atomic E-state index is 12.9. The molecule has 9 nitrogen and oxygen atoms in total. The van der Waals surface area contributed by atoms with Gasteiger partial charge in [-0.25, -0.2) is 14.6 Å². The highest BCUT2D eigenvalue weighted by Gasteiger charge is 2.33. The monoisotopic (exact) mass is 454 g/mol. The molecule has 32 heavy (non-hydrogen) atoms. The summed E-state index contributed by atoms with van der Waals surface area (Å²) in [6, 6.07) is 10.3. The summed E-state index contributed by atoms with van der Waals surface area (Å²) in [7, 11) is 0. The van der Waals surface area contributed by atoms with Crippen molar-refractivity contribution in [2.45, 2.75) is 0 Å². The number of carbonyl (C=O) groups excluding carboxylic acids is 1. The molecule has 0 saturated carbocycles. The molecule has 0 unspecified atom stereocenters. The lowest BCUT2D eigenvalue weighted by atomic mass is 10.2. The Kier molecular flexibility index (Phi) is 6.96. The third-order valence-corrected chi connectivity index (χ3v) is 5.15. The van der Waals surface area contributed by atoms with Crippen LogP contribution >= 0.6 is 11.8 Å². The largest absolute Gasteiger partial charge is 0.508 e. The summed E-state index contributed by atoms with van der Waals surface area (Å²) in [5.74, 6) is -2.59. The molecule has 1 fully saturated rings. The zero-order valence-electron chi connectivity index (χ0n) is 16.6. The van der Waals surface area contributed by atoms with Crippen LogP contribution in [0.3, 0.4) is 0 Å². The van der Waals surface area contributed by atoms with Gasteiger partial charge in [-0.3, -0.25) is 9.69 Å². The molecule has 0 aliphatic carbocycles. The number of nitrogens with zero attached hydrogens (tertiary/aromatic N) is 2. The van der Waals surface area contributed by atoms with Crippen molar-refractivity contribution in [1.29, 1.82) is 0 Å². The lowest BCUT2D eigenvalue weighted by Gasteiger charge is -2.13. The molecule has 2 aromatic rings. The molecule has 3 rings (SSSR count). The molecule has 0 spiro atoms. The van der Waals surface area contributed by atoms with Crippen LogP contribution in [0.5, 0.6) is 11.5 Å². The van der Waals surface area contributed by atoms with Crippen molar-refractivity contribution in [1.82, 2.24) is 4.90 Å². The average molecular weight is 454 g/mol. The second kappa shape index (κ2) is 9.84. The van der Waals surface area contributed by atoms with E-state index in [0.29, 0.717) is 16.2 Å². The lowest BCUT2D eigenvalue weighted by Crippen LogP contribution is -2.29. The molecular weight excluding hydrogens is 436 g/mol. The molecule has 1 aliphatic rings. The van der Waals surface area contributed by atoms with Gasteiger partial charge in [0.05, 0.1) is 16.2 Å². The lowest BCUT2D eigenvalue weighted by molar-refractivity contribution is -0.139. The Morgan fingerprint density at radius 3 is 2.66 bits per heavy atom. The second-order valence-corrected chi connectivity index (χ2v) is 7.48. The van der Waals surface area contributed by atoms with Crippen LogP contribution in [-0.2, 0) is 9.59 Å². The van der Waals surface area contributed by atoms with E-state index in [-0.39, 0.29) is 34.6 Å². The van der Waals surface area contributed by atoms with Crippen molar-refractivity contribution in [3.8, 4) is 11.5 Å². The number of amidine groups is 1. The first-order valence-electron chi connectivity index (χ1n) is 9.20. The van der Waals surface area contributed by atoms with Crippen molar-refractivity contribution in [2.24, 2.45) is 4.99 Å². The van der Waals surface area contributed by atoms with Crippen molar-refractivity contribution in [2.75, 3.05) is 13.2 Å². The molecule has 164 valence electrons. The van der Waals surface area contributed by atoms with Gasteiger partial charge in [-0.15, -0.1) is 6.58 Å². The number of rotatable bonds is 8. The second-order valence-electron chi connectivity index (χ2n) is 6.47. The van der Waals surface area contributed by atoms with E-state index in [9.17, 15) is 24.6 Å². The van der Waals surface area contributed by atoms with Gasteiger partial charge in [0.25, 0.3) is 5.91 Å². The van der Waals surface area contributed by atoms with Gasteiger partial charge < -0.3 is 20.1 Å². The Hall–Kier alpha value is -4.05. The van der Waals surface area contributed by atoms with Crippen LogP contribution in [0.25, 0.3) is 6.08 Å². The van der Waals surface area contributed by atoms with E-state index in [1.54, 1.807) is 30.3 Å². The number of amides is 1. The number of carboxylic acids is 2. The molecule has 1 heterocycles. The predicted molar refractivity (Wildman–Crippen MR) is 119 cm³/mol. The number of phenols is 1. The molecule has 10 heteroatoms. The van der Waals surface area contributed by atoms with Gasteiger partial charge in [0.2, 0.25) is 0 Å². The Bertz CT molecular complexity index is 1160. The van der Waals surface area contributed by atoms with Gasteiger partial charge >= 0.3 is 11.9 Å². The highest BCUT2D eigenvalue weighted by atomic mass is 32.2. The number of carboxylic acid groups (broad SMARTS) is 2. The fourth-order valence-corrected chi connectivity index (χ4v) is 3.77. The minimum atomic E-state index is -1.27. The number of benzene rings is 2. The van der Waals surface area contributed by atoms with Crippen LogP contribution in [0, 0.1) is 0 Å². The Morgan fingerprint density at radius 1 is 1.19 bits per heavy atom. The van der Waals surface area contributed by atoms with E-state index in [4.69, 9.17) is 9.84 Å². The van der Waals surface area contributed by atoms with Crippen LogP contribution in [0.1, 0.15) is 15.9 Å². The number of phenolic OH excluding ortho intramolecular Hbond substituents is 1. The molecule has 2 aromatic carbocycles. The summed E-state index contributed by atoms with van der Waals surface area (Å²) in [4.78, 5) is 41.1. The fraction of sp³-hybridized carbons (Fsp3) is 0.0909. The molecule has 0 bridgehead atoms. The molecule has 0 aromatic heterocycles. The van der Waals surface area contributed by atoms with Gasteiger partial charge in [-0.05, 0) is 53.7 Å². The molecule has 1 aliphatic heterocycles. The number of hydrogen-bond donors (Lipinski definition) is 3. The number of hydrogen-bond acceptors (Lipinski definition) is 7. The van der Waals surface area contributed by atoms with Gasteiger partial charge in [-0.1, -0.05) is 18.2 Å². The highest BCUT2D eigenvalue weighted by Crippen LogP contribution is 2.35. The number of aromatic carboxylic acids is 1. The number of carbonyl (C=O) groups is 3. The molecular formula is C22H18N2O7S. The SMILES string of the molecule is C=CCN1C(=O)/C(=C/c2cccc(OCC(=O)O)c2)SC1=Nc1ccc(O)cc1C(=O)O. The highest BCUT2D eigenvalue weighted by molar-refractivity contribution is 8.18. The Balaban J connectivity index is 1.95. The summed E-state index contributed by atoms with van der Waals surface area (Å²) >= 11 is 1.05. The topological polar surface area (TPSA) is 137 Å². The van der Waals surface area contributed by atoms with E-state index in [1.165, 1.54) is 23.1 Å². The maximum atomic E-state index is 12.9. The van der Waals surface area contributed by atoms with Crippen molar-refractivity contribution in [3.05, 3.63) is 71.2 Å². The average Bonchev–Trinajstić information content (AvgIpc) is 3.03. The fourth-order valence-electron chi connectivity index (χ4n) is 2.77. The first-order valence-corrected chi connectivity index (χ1v) is 10.0. The van der Waals surface area contributed by atoms with Crippen LogP contribution in [0.2, 0.25) is 0 Å². The smallest absolute Gasteiger partial charge is 0.341 e. The maximum Gasteiger partial charge on any atom is 0.341 e. The summed E-state index contributed by atoms with van der Waals surface area (Å²) in [6.07, 6.45) is 3.13. The first-order chi connectivity index (χ1) is 15.3. The summed E-state index contributed by atoms with van der Waals surface area (Å²) in [5.41, 5.74) is 0.495. The number of aliphatic imine (C=N–C) groups is 1. The van der Waals surface area contributed by atoms with Crippen LogP contribution < -0.4 is 4.74 Å². The van der Waals surface area contributed by atoms with Gasteiger partial charge in [0.15, 0.2) is 11.8 Å². The quantitative estimate of drug-likeness (QED) is 0.408. The standard InChI is InChI=1S/C22H18N2O7S/c1-2-8-24-20(28)18(10-13-4-3-5-15(9-13)31-12-19(26)27)32-22(24)23-17-7-6-14(25)11-16(17)21(29)30/h2-7,9-11,25H,1,8,12H2,(H,26,27)(H,29,30)/b18-10-,23-22?. The zero-order valence-corrected chi connectivity index (χ0v) is 17.4. The molecule has 3 N–H and O–H groups in total. The molecule has 0 radical (unpaired) electrons. The number of ether oxygens (including phenoxy) is 1. The third-order valence-electron chi connectivity index (χ3n) is 4.14. The molecule has 1 amide bonds. The predicted octanol–water partition coefficient (Wildman–Crippen LogP) is 3.34. The summed E-state index contributed by atoms with van der Waals surface area (Å²) in [6.45, 7) is 3.31. The zero-order chi connectivity index (χ0) is 23.3. The summed E-state index contributed by atoms with van der Waals surface area (Å²) < 4.78 is 5.16. The number of aromatic hydroxyl groups is 1. The minimum Gasteiger partial charge on any atom is -0.508 e.